The van der Waals surface area contributed by atoms with Crippen LogP contribution >= 0.6 is 11.3 Å². The summed E-state index contributed by atoms with van der Waals surface area (Å²) >= 11 is 1.48. The van der Waals surface area contributed by atoms with Crippen LogP contribution in [0, 0.1) is 20.8 Å². The number of aromatic nitrogens is 3. The van der Waals surface area contributed by atoms with E-state index in [2.05, 4.69) is 4.98 Å². The molecule has 30 heavy (non-hydrogen) atoms. The summed E-state index contributed by atoms with van der Waals surface area (Å²) in [5.74, 6) is -0.206. The minimum Gasteiger partial charge on any atom is -0.289 e. The van der Waals surface area contributed by atoms with E-state index in [9.17, 15) is 9.59 Å². The maximum atomic E-state index is 13.3. The van der Waals surface area contributed by atoms with Gasteiger partial charge in [-0.05, 0) is 38.0 Å². The Kier molecular flexibility index (Phi) is 5.46. The van der Waals surface area contributed by atoms with E-state index in [1.165, 1.54) is 22.2 Å². The molecule has 0 aliphatic rings. The molecule has 0 saturated heterocycles. The number of aryl methyl sites for hydroxylation is 2. The second-order valence-electron chi connectivity index (χ2n) is 7.27. The lowest BCUT2D eigenvalue weighted by molar-refractivity contribution is -0.119. The number of thiazole rings is 1. The van der Waals surface area contributed by atoms with E-state index in [4.69, 9.17) is 4.98 Å². The molecule has 2 heterocycles. The minimum absolute atomic E-state index is 0.0886. The third-order valence-corrected chi connectivity index (χ3v) is 6.19. The van der Waals surface area contributed by atoms with Crippen molar-refractivity contribution in [2.24, 2.45) is 0 Å². The van der Waals surface area contributed by atoms with Crippen LogP contribution < -0.4 is 10.5 Å². The highest BCUT2D eigenvalue weighted by Gasteiger charge is 2.22. The molecule has 2 aromatic carbocycles. The second-order valence-corrected chi connectivity index (χ2v) is 8.28. The fourth-order valence-corrected chi connectivity index (χ4v) is 4.30. The molecule has 0 N–H and O–H groups in total. The molecule has 0 aliphatic carbocycles. The average molecular weight is 419 g/mol. The number of carbonyl (C=O) groups excluding carboxylic acids is 1. The first-order valence-electron chi connectivity index (χ1n) is 9.67. The number of fused-ring (bicyclic) bond motifs is 1. The van der Waals surface area contributed by atoms with E-state index in [-0.39, 0.29) is 18.0 Å². The van der Waals surface area contributed by atoms with Gasteiger partial charge >= 0.3 is 0 Å². The van der Waals surface area contributed by atoms with Gasteiger partial charge in [0.1, 0.15) is 6.54 Å². The van der Waals surface area contributed by atoms with Crippen LogP contribution in [0.4, 0.5) is 5.13 Å². The Labute approximate surface area is 178 Å². The van der Waals surface area contributed by atoms with Gasteiger partial charge in [0, 0.05) is 11.3 Å². The first kappa shape index (κ1) is 20.0. The highest BCUT2D eigenvalue weighted by molar-refractivity contribution is 7.22. The standard InChI is InChI=1S/C23H22N4O2S/c1-15-8-7-11-19-21(15)25-23(30-19)27(12-18-9-5-4-6-10-18)20(28)13-26-14-24-17(3)16(2)22(26)29/h4-11,14H,12-13H2,1-3H3. The fraction of sp³-hybridized carbons (Fsp3) is 0.217. The van der Waals surface area contributed by atoms with Crippen LogP contribution in [-0.2, 0) is 17.9 Å². The number of rotatable bonds is 5. The molecule has 4 aromatic rings. The predicted molar refractivity (Wildman–Crippen MR) is 120 cm³/mol. The van der Waals surface area contributed by atoms with Crippen LogP contribution in [0.1, 0.15) is 22.4 Å². The van der Waals surface area contributed by atoms with Crippen molar-refractivity contribution in [3.8, 4) is 0 Å². The number of nitrogens with zero attached hydrogens (tertiary/aromatic N) is 4. The molecule has 0 spiro atoms. The summed E-state index contributed by atoms with van der Waals surface area (Å²) in [5, 5.41) is 0.623. The predicted octanol–water partition coefficient (Wildman–Crippen LogP) is 4.01. The number of anilines is 1. The smallest absolute Gasteiger partial charge is 0.256 e. The van der Waals surface area contributed by atoms with Gasteiger partial charge in [0.2, 0.25) is 5.91 Å². The van der Waals surface area contributed by atoms with E-state index in [1.54, 1.807) is 18.7 Å². The lowest BCUT2D eigenvalue weighted by Gasteiger charge is -2.20. The van der Waals surface area contributed by atoms with Crippen molar-refractivity contribution in [2.75, 3.05) is 4.90 Å². The summed E-state index contributed by atoms with van der Waals surface area (Å²) in [5.41, 5.74) is 3.98. The lowest BCUT2D eigenvalue weighted by atomic mass is 10.2. The van der Waals surface area contributed by atoms with Gasteiger partial charge in [0.25, 0.3) is 5.56 Å². The molecule has 0 saturated carbocycles. The molecule has 7 heteroatoms. The Morgan fingerprint density at radius 2 is 1.83 bits per heavy atom. The maximum Gasteiger partial charge on any atom is 0.256 e. The topological polar surface area (TPSA) is 68.1 Å². The summed E-state index contributed by atoms with van der Waals surface area (Å²) in [4.78, 5) is 36.5. The van der Waals surface area contributed by atoms with Crippen LogP contribution in [0.25, 0.3) is 10.2 Å². The zero-order valence-electron chi connectivity index (χ0n) is 17.1. The molecular formula is C23H22N4O2S. The highest BCUT2D eigenvalue weighted by Crippen LogP contribution is 2.31. The average Bonchev–Trinajstić information content (AvgIpc) is 3.18. The molecule has 0 bridgehead atoms. The summed E-state index contributed by atoms with van der Waals surface area (Å²) < 4.78 is 2.39. The lowest BCUT2D eigenvalue weighted by Crippen LogP contribution is -2.37. The van der Waals surface area contributed by atoms with Crippen molar-refractivity contribution in [2.45, 2.75) is 33.9 Å². The summed E-state index contributed by atoms with van der Waals surface area (Å²) in [6.45, 7) is 5.81. The molecule has 4 rings (SSSR count). The molecular weight excluding hydrogens is 396 g/mol. The summed E-state index contributed by atoms with van der Waals surface area (Å²) in [7, 11) is 0. The number of carbonyl (C=O) groups is 1. The fourth-order valence-electron chi connectivity index (χ4n) is 3.24. The SMILES string of the molecule is Cc1ncn(CC(=O)N(Cc2ccccc2)c2nc3c(C)cccc3s2)c(=O)c1C. The zero-order valence-corrected chi connectivity index (χ0v) is 17.9. The summed E-state index contributed by atoms with van der Waals surface area (Å²) in [6, 6.07) is 15.8. The molecule has 1 amide bonds. The Morgan fingerprint density at radius 1 is 1.07 bits per heavy atom. The van der Waals surface area contributed by atoms with Crippen LogP contribution in [0.3, 0.4) is 0 Å². The minimum atomic E-state index is -0.206. The van der Waals surface area contributed by atoms with Gasteiger partial charge in [-0.15, -0.1) is 0 Å². The summed E-state index contributed by atoms with van der Waals surface area (Å²) in [6.07, 6.45) is 1.44. The van der Waals surface area contributed by atoms with Crippen molar-refractivity contribution in [1.29, 1.82) is 0 Å². The van der Waals surface area contributed by atoms with Crippen LogP contribution in [0.15, 0.2) is 59.7 Å². The molecule has 0 radical (unpaired) electrons. The molecule has 6 nitrogen and oxygen atoms in total. The molecule has 0 atom stereocenters. The molecule has 0 aliphatic heterocycles. The molecule has 152 valence electrons. The number of benzene rings is 2. The normalized spacial score (nSPS) is 11.0. The first-order chi connectivity index (χ1) is 14.4. The van der Waals surface area contributed by atoms with Crippen LogP contribution in [0.5, 0.6) is 0 Å². The van der Waals surface area contributed by atoms with Crippen molar-refractivity contribution in [1.82, 2.24) is 14.5 Å². The maximum absolute atomic E-state index is 13.3. The monoisotopic (exact) mass is 418 g/mol. The van der Waals surface area contributed by atoms with Crippen molar-refractivity contribution >= 4 is 32.6 Å². The number of hydrogen-bond donors (Lipinski definition) is 0. The van der Waals surface area contributed by atoms with E-state index < -0.39 is 0 Å². The third-order valence-electron chi connectivity index (χ3n) is 5.15. The van der Waals surface area contributed by atoms with E-state index in [0.29, 0.717) is 22.9 Å². The van der Waals surface area contributed by atoms with E-state index in [0.717, 1.165) is 21.3 Å². The van der Waals surface area contributed by atoms with Gasteiger partial charge in [0.05, 0.1) is 23.1 Å². The Bertz CT molecular complexity index is 1280. The van der Waals surface area contributed by atoms with Gasteiger partial charge < -0.3 is 0 Å². The van der Waals surface area contributed by atoms with Gasteiger partial charge in [0.15, 0.2) is 5.13 Å². The zero-order chi connectivity index (χ0) is 21.3. The molecule has 0 unspecified atom stereocenters. The number of para-hydroxylation sites is 1. The largest absolute Gasteiger partial charge is 0.289 e. The van der Waals surface area contributed by atoms with Crippen LogP contribution in [-0.4, -0.2) is 20.4 Å². The Hall–Kier alpha value is -3.32. The van der Waals surface area contributed by atoms with Gasteiger partial charge in [-0.2, -0.15) is 0 Å². The van der Waals surface area contributed by atoms with Crippen molar-refractivity contribution in [3.05, 3.63) is 87.6 Å². The first-order valence-corrected chi connectivity index (χ1v) is 10.5. The van der Waals surface area contributed by atoms with Gasteiger partial charge in [-0.25, -0.2) is 9.97 Å². The number of amides is 1. The molecule has 2 aromatic heterocycles. The number of hydrogen-bond acceptors (Lipinski definition) is 5. The molecule has 0 fully saturated rings. The van der Waals surface area contributed by atoms with E-state index >= 15 is 0 Å². The van der Waals surface area contributed by atoms with Crippen molar-refractivity contribution < 1.29 is 4.79 Å². The second kappa shape index (κ2) is 8.20. The van der Waals surface area contributed by atoms with Gasteiger partial charge in [-0.3, -0.25) is 19.1 Å². The van der Waals surface area contributed by atoms with Crippen molar-refractivity contribution in [3.63, 3.8) is 0 Å². The van der Waals surface area contributed by atoms with Crippen LogP contribution in [0.2, 0.25) is 0 Å². The van der Waals surface area contributed by atoms with E-state index in [1.807, 2.05) is 55.5 Å². The van der Waals surface area contributed by atoms with Gasteiger partial charge in [-0.1, -0.05) is 53.8 Å². The highest BCUT2D eigenvalue weighted by atomic mass is 32.1. The third kappa shape index (κ3) is 3.89. The quantitative estimate of drug-likeness (QED) is 0.491. The Morgan fingerprint density at radius 3 is 2.57 bits per heavy atom. The Balaban J connectivity index is 1.73.